The van der Waals surface area contributed by atoms with Crippen LogP contribution in [0.1, 0.15) is 43.6 Å². The second-order valence-corrected chi connectivity index (χ2v) is 8.10. The van der Waals surface area contributed by atoms with Gasteiger partial charge in [-0.15, -0.1) is 0 Å². The number of piperidine rings is 1. The minimum absolute atomic E-state index is 0.0365. The zero-order chi connectivity index (χ0) is 18.7. The van der Waals surface area contributed by atoms with Crippen molar-refractivity contribution in [2.75, 3.05) is 46.8 Å². The Balaban J connectivity index is 1.68. The Morgan fingerprint density at radius 2 is 1.92 bits per heavy atom. The normalized spacial score (nSPS) is 22.8. The van der Waals surface area contributed by atoms with Gasteiger partial charge in [-0.3, -0.25) is 9.88 Å². The highest BCUT2D eigenvalue weighted by molar-refractivity contribution is 5.74. The summed E-state index contributed by atoms with van der Waals surface area (Å²) in [5, 5.41) is 3.16. The van der Waals surface area contributed by atoms with Gasteiger partial charge in [0.05, 0.1) is 11.7 Å². The Morgan fingerprint density at radius 3 is 2.62 bits per heavy atom. The molecule has 2 saturated heterocycles. The van der Waals surface area contributed by atoms with Crippen molar-refractivity contribution in [3.63, 3.8) is 0 Å². The second kappa shape index (κ2) is 7.92. The molecule has 0 bridgehead atoms. The van der Waals surface area contributed by atoms with Crippen molar-refractivity contribution < 1.29 is 4.79 Å². The Bertz CT molecular complexity index is 626. The summed E-state index contributed by atoms with van der Waals surface area (Å²) in [5.74, 6) is 0. The van der Waals surface area contributed by atoms with Gasteiger partial charge in [-0.25, -0.2) is 4.79 Å². The first-order chi connectivity index (χ1) is 12.4. The maximum absolute atomic E-state index is 13.0. The zero-order valence-corrected chi connectivity index (χ0v) is 16.7. The van der Waals surface area contributed by atoms with Crippen LogP contribution in [0.25, 0.3) is 0 Å². The number of aryl methyl sites for hydroxylation is 1. The molecule has 1 atom stereocenters. The van der Waals surface area contributed by atoms with Gasteiger partial charge in [0, 0.05) is 30.9 Å². The molecule has 1 spiro atoms. The number of urea groups is 1. The SMILES string of the molecule is Cc1cccc([C@@H](C)NC(=O)N2CCCN(C)C3(CCN(C)CC3)C2)n1. The van der Waals surface area contributed by atoms with E-state index in [-0.39, 0.29) is 17.6 Å². The maximum atomic E-state index is 13.0. The lowest BCUT2D eigenvalue weighted by Crippen LogP contribution is -2.59. The van der Waals surface area contributed by atoms with E-state index in [1.54, 1.807) is 0 Å². The highest BCUT2D eigenvalue weighted by atomic mass is 16.2. The third-order valence-electron chi connectivity index (χ3n) is 6.11. The van der Waals surface area contributed by atoms with Crippen LogP contribution in [0.4, 0.5) is 4.79 Å². The Morgan fingerprint density at radius 1 is 1.19 bits per heavy atom. The Kier molecular flexibility index (Phi) is 5.82. The van der Waals surface area contributed by atoms with Crippen LogP contribution in [0, 0.1) is 6.92 Å². The van der Waals surface area contributed by atoms with Crippen molar-refractivity contribution in [1.29, 1.82) is 0 Å². The lowest BCUT2D eigenvalue weighted by molar-refractivity contribution is 0.0410. The smallest absolute Gasteiger partial charge is 0.317 e. The molecule has 2 fully saturated rings. The van der Waals surface area contributed by atoms with Gasteiger partial charge in [0.15, 0.2) is 0 Å². The molecule has 2 amide bonds. The number of rotatable bonds is 2. The number of hydrogen-bond acceptors (Lipinski definition) is 4. The van der Waals surface area contributed by atoms with E-state index in [1.165, 1.54) is 0 Å². The first-order valence-corrected chi connectivity index (χ1v) is 9.78. The number of likely N-dealkylation sites (tertiary alicyclic amines) is 1. The summed E-state index contributed by atoms with van der Waals surface area (Å²) in [6.45, 7) is 8.88. The molecular weight excluding hydrogens is 326 g/mol. The number of aromatic nitrogens is 1. The number of pyridine rings is 1. The van der Waals surface area contributed by atoms with Crippen molar-refractivity contribution >= 4 is 6.03 Å². The average molecular weight is 360 g/mol. The fourth-order valence-electron chi connectivity index (χ4n) is 4.19. The van der Waals surface area contributed by atoms with Gasteiger partial charge >= 0.3 is 6.03 Å². The third-order valence-corrected chi connectivity index (χ3v) is 6.11. The highest BCUT2D eigenvalue weighted by Crippen LogP contribution is 2.31. The monoisotopic (exact) mass is 359 g/mol. The standard InChI is InChI=1S/C20H33N5O/c1-16-7-5-8-18(21-16)17(2)22-19(26)25-12-6-11-24(4)20(15-25)9-13-23(3)14-10-20/h5,7-8,17H,6,9-15H2,1-4H3,(H,22,26)/t17-/m1/s1. The molecule has 1 aromatic rings. The quantitative estimate of drug-likeness (QED) is 0.880. The molecule has 0 aromatic carbocycles. The first-order valence-electron chi connectivity index (χ1n) is 9.78. The van der Waals surface area contributed by atoms with E-state index in [2.05, 4.69) is 34.2 Å². The molecule has 0 radical (unpaired) electrons. The van der Waals surface area contributed by atoms with Gasteiger partial charge in [-0.2, -0.15) is 0 Å². The second-order valence-electron chi connectivity index (χ2n) is 8.10. The van der Waals surface area contributed by atoms with Gasteiger partial charge in [0.2, 0.25) is 0 Å². The Hall–Kier alpha value is -1.66. The molecule has 2 aliphatic heterocycles. The minimum atomic E-state index is -0.0863. The maximum Gasteiger partial charge on any atom is 0.317 e. The summed E-state index contributed by atoms with van der Waals surface area (Å²) in [5.41, 5.74) is 2.01. The van der Waals surface area contributed by atoms with E-state index in [4.69, 9.17) is 0 Å². The van der Waals surface area contributed by atoms with Crippen molar-refractivity contribution in [2.24, 2.45) is 0 Å². The summed E-state index contributed by atoms with van der Waals surface area (Å²) in [4.78, 5) is 24.4. The predicted octanol–water partition coefficient (Wildman–Crippen LogP) is 2.26. The van der Waals surface area contributed by atoms with Crippen LogP contribution in [0.5, 0.6) is 0 Å². The van der Waals surface area contributed by atoms with Crippen LogP contribution >= 0.6 is 0 Å². The topological polar surface area (TPSA) is 51.7 Å². The van der Waals surface area contributed by atoms with Gasteiger partial charge < -0.3 is 15.1 Å². The zero-order valence-electron chi connectivity index (χ0n) is 16.7. The molecule has 144 valence electrons. The minimum Gasteiger partial charge on any atom is -0.330 e. The number of carbonyl (C=O) groups is 1. The molecule has 0 saturated carbocycles. The number of amides is 2. The summed E-state index contributed by atoms with van der Waals surface area (Å²) in [6, 6.07) is 5.90. The van der Waals surface area contributed by atoms with Gasteiger partial charge in [0.1, 0.15) is 0 Å². The van der Waals surface area contributed by atoms with Crippen LogP contribution in [0.3, 0.4) is 0 Å². The molecule has 1 aromatic heterocycles. The number of nitrogens with one attached hydrogen (secondary N) is 1. The van der Waals surface area contributed by atoms with Crippen molar-refractivity contribution in [2.45, 2.75) is 44.7 Å². The molecule has 1 N–H and O–H groups in total. The predicted molar refractivity (Wildman–Crippen MR) is 104 cm³/mol. The van der Waals surface area contributed by atoms with Crippen LogP contribution in [-0.2, 0) is 0 Å². The lowest BCUT2D eigenvalue weighted by atomic mass is 9.85. The van der Waals surface area contributed by atoms with Crippen molar-refractivity contribution in [3.8, 4) is 0 Å². The van der Waals surface area contributed by atoms with Gasteiger partial charge in [0.25, 0.3) is 0 Å². The van der Waals surface area contributed by atoms with Crippen LogP contribution in [0.2, 0.25) is 0 Å². The van der Waals surface area contributed by atoms with E-state index < -0.39 is 0 Å². The van der Waals surface area contributed by atoms with Crippen LogP contribution in [0.15, 0.2) is 18.2 Å². The third kappa shape index (κ3) is 4.18. The lowest BCUT2D eigenvalue weighted by Gasteiger charge is -2.47. The van der Waals surface area contributed by atoms with Crippen molar-refractivity contribution in [1.82, 2.24) is 25.0 Å². The first kappa shape index (κ1) is 19.1. The molecule has 0 aliphatic carbocycles. The number of nitrogens with zero attached hydrogens (tertiary/aromatic N) is 4. The average Bonchev–Trinajstić information content (AvgIpc) is 2.77. The molecule has 2 aliphatic rings. The van der Waals surface area contributed by atoms with E-state index >= 15 is 0 Å². The van der Waals surface area contributed by atoms with E-state index in [1.807, 2.05) is 36.9 Å². The molecule has 6 heteroatoms. The molecule has 6 nitrogen and oxygen atoms in total. The van der Waals surface area contributed by atoms with Crippen molar-refractivity contribution in [3.05, 3.63) is 29.6 Å². The number of hydrogen-bond donors (Lipinski definition) is 1. The van der Waals surface area contributed by atoms with E-state index in [9.17, 15) is 4.79 Å². The van der Waals surface area contributed by atoms with Gasteiger partial charge in [-0.05, 0) is 72.4 Å². The highest BCUT2D eigenvalue weighted by Gasteiger charge is 2.41. The Labute approximate surface area is 157 Å². The van der Waals surface area contributed by atoms with E-state index in [0.717, 1.165) is 63.4 Å². The fourth-order valence-corrected chi connectivity index (χ4v) is 4.19. The fraction of sp³-hybridized carbons (Fsp3) is 0.700. The van der Waals surface area contributed by atoms with Crippen LogP contribution < -0.4 is 5.32 Å². The van der Waals surface area contributed by atoms with Gasteiger partial charge in [-0.1, -0.05) is 6.07 Å². The number of likely N-dealkylation sites (N-methyl/N-ethyl adjacent to an activating group) is 1. The summed E-state index contributed by atoms with van der Waals surface area (Å²) >= 11 is 0. The largest absolute Gasteiger partial charge is 0.330 e. The molecule has 0 unspecified atom stereocenters. The molecule has 26 heavy (non-hydrogen) atoms. The molecular formula is C20H33N5O. The summed E-state index contributed by atoms with van der Waals surface area (Å²) in [7, 11) is 4.41. The summed E-state index contributed by atoms with van der Waals surface area (Å²) < 4.78 is 0. The molecule has 3 heterocycles. The molecule has 3 rings (SSSR count). The number of carbonyl (C=O) groups excluding carboxylic acids is 1. The van der Waals surface area contributed by atoms with Crippen LogP contribution in [-0.4, -0.2) is 78.1 Å². The summed E-state index contributed by atoms with van der Waals surface area (Å²) in [6.07, 6.45) is 3.27. The van der Waals surface area contributed by atoms with E-state index in [0.29, 0.717) is 0 Å².